The van der Waals surface area contributed by atoms with Crippen LogP contribution in [-0.2, 0) is 28.9 Å². The fourth-order valence-corrected chi connectivity index (χ4v) is 6.30. The molecule has 0 amide bonds. The Hall–Kier alpha value is -2.45. The Bertz CT molecular complexity index is 1210. The summed E-state index contributed by atoms with van der Waals surface area (Å²) in [5, 5.41) is 10.1. The summed E-state index contributed by atoms with van der Waals surface area (Å²) in [6.45, 7) is 2.14. The second-order valence-electron chi connectivity index (χ2n) is 10.3. The molecule has 0 N–H and O–H groups in total. The number of hydrogen-bond acceptors (Lipinski definition) is 6. The molecule has 2 fully saturated rings. The molecule has 36 heavy (non-hydrogen) atoms. The summed E-state index contributed by atoms with van der Waals surface area (Å²) in [7, 11) is 3.94. The molecule has 3 heterocycles. The van der Waals surface area contributed by atoms with Gasteiger partial charge in [-0.2, -0.15) is 0 Å². The summed E-state index contributed by atoms with van der Waals surface area (Å²) >= 11 is 6.40. The first-order valence-corrected chi connectivity index (χ1v) is 13.3. The molecular weight excluding hydrogens is 476 g/mol. The van der Waals surface area contributed by atoms with E-state index in [0.717, 1.165) is 65.9 Å². The van der Waals surface area contributed by atoms with Crippen LogP contribution >= 0.6 is 11.6 Å². The first kappa shape index (κ1) is 23.9. The first-order valence-electron chi connectivity index (χ1n) is 12.9. The highest BCUT2D eigenvalue weighted by atomic mass is 35.5. The van der Waals surface area contributed by atoms with E-state index < -0.39 is 5.79 Å². The van der Waals surface area contributed by atoms with Crippen molar-refractivity contribution in [2.75, 3.05) is 27.4 Å². The summed E-state index contributed by atoms with van der Waals surface area (Å²) in [5.74, 6) is 2.56. The van der Waals surface area contributed by atoms with Crippen LogP contribution in [0.15, 0.2) is 42.5 Å². The predicted molar refractivity (Wildman–Crippen MR) is 138 cm³/mol. The largest absolute Gasteiger partial charge is 0.497 e. The van der Waals surface area contributed by atoms with E-state index in [9.17, 15) is 0 Å². The third kappa shape index (κ3) is 4.54. The van der Waals surface area contributed by atoms with Crippen molar-refractivity contribution < 1.29 is 14.2 Å². The molecule has 3 aromatic rings. The first-order chi connectivity index (χ1) is 17.5. The molecule has 7 nitrogen and oxygen atoms in total. The van der Waals surface area contributed by atoms with Gasteiger partial charge in [0.2, 0.25) is 0 Å². The van der Waals surface area contributed by atoms with Crippen molar-refractivity contribution in [3.8, 4) is 11.4 Å². The average molecular weight is 509 g/mol. The topological polar surface area (TPSA) is 61.6 Å². The van der Waals surface area contributed by atoms with Crippen molar-refractivity contribution in [2.45, 2.75) is 62.8 Å². The molecule has 1 aromatic heterocycles. The second-order valence-corrected chi connectivity index (χ2v) is 10.7. The van der Waals surface area contributed by atoms with E-state index in [1.165, 1.54) is 5.56 Å². The van der Waals surface area contributed by atoms with Gasteiger partial charge in [0.15, 0.2) is 5.79 Å². The summed E-state index contributed by atoms with van der Waals surface area (Å²) in [5.41, 5.74) is 3.53. The maximum absolute atomic E-state index is 6.40. The van der Waals surface area contributed by atoms with Gasteiger partial charge in [-0.1, -0.05) is 23.7 Å². The lowest BCUT2D eigenvalue weighted by atomic mass is 9.84. The van der Waals surface area contributed by atoms with Gasteiger partial charge in [0.05, 0.1) is 32.4 Å². The minimum atomic E-state index is -0.681. The molecule has 0 bridgehead atoms. The Labute approximate surface area is 217 Å². The van der Waals surface area contributed by atoms with Crippen LogP contribution in [0.5, 0.6) is 5.75 Å². The van der Waals surface area contributed by atoms with Crippen molar-refractivity contribution in [3.63, 3.8) is 0 Å². The fourth-order valence-electron chi connectivity index (χ4n) is 6.10. The maximum Gasteiger partial charge on any atom is 0.179 e. The van der Waals surface area contributed by atoms with E-state index >= 15 is 0 Å². The average Bonchev–Trinajstić information content (AvgIpc) is 3.49. The molecule has 1 saturated heterocycles. The molecule has 0 atom stereocenters. The molecule has 1 spiro atoms. The van der Waals surface area contributed by atoms with Crippen molar-refractivity contribution in [3.05, 3.63) is 70.3 Å². The molecule has 2 aromatic carbocycles. The van der Waals surface area contributed by atoms with Crippen LogP contribution < -0.4 is 4.74 Å². The highest BCUT2D eigenvalue weighted by molar-refractivity contribution is 6.30. The van der Waals surface area contributed by atoms with Crippen molar-refractivity contribution in [2.24, 2.45) is 0 Å². The molecule has 8 heteroatoms. The van der Waals surface area contributed by atoms with Gasteiger partial charge in [0.25, 0.3) is 0 Å². The van der Waals surface area contributed by atoms with E-state index in [2.05, 4.69) is 39.8 Å². The number of aromatic nitrogens is 3. The lowest BCUT2D eigenvalue weighted by Gasteiger charge is -2.34. The maximum atomic E-state index is 6.40. The van der Waals surface area contributed by atoms with Crippen LogP contribution in [-0.4, -0.2) is 58.9 Å². The molecule has 1 saturated carbocycles. The number of benzene rings is 2. The Balaban J connectivity index is 1.20. The zero-order valence-electron chi connectivity index (χ0n) is 21.0. The Morgan fingerprint density at radius 3 is 2.50 bits per heavy atom. The normalized spacial score (nSPS) is 22.9. The zero-order valence-corrected chi connectivity index (χ0v) is 21.7. The van der Waals surface area contributed by atoms with Crippen molar-refractivity contribution >= 4 is 11.6 Å². The molecule has 6 rings (SSSR count). The number of halogens is 1. The quantitative estimate of drug-likeness (QED) is 0.487. The van der Waals surface area contributed by atoms with Gasteiger partial charge in [-0.15, -0.1) is 10.2 Å². The van der Waals surface area contributed by atoms with Crippen LogP contribution in [0, 0.1) is 0 Å². The van der Waals surface area contributed by atoms with Crippen LogP contribution in [0.4, 0.5) is 0 Å². The summed E-state index contributed by atoms with van der Waals surface area (Å²) in [6.07, 6.45) is 5.72. The van der Waals surface area contributed by atoms with E-state index in [1.54, 1.807) is 7.11 Å². The second kappa shape index (κ2) is 9.78. The summed E-state index contributed by atoms with van der Waals surface area (Å²) in [4.78, 5) is 2.48. The lowest BCUT2D eigenvalue weighted by molar-refractivity contribution is -0.155. The summed E-state index contributed by atoms with van der Waals surface area (Å²) < 4.78 is 19.8. The Morgan fingerprint density at radius 1 is 1.03 bits per heavy atom. The van der Waals surface area contributed by atoms with E-state index in [4.69, 9.17) is 30.9 Å². The van der Waals surface area contributed by atoms with Crippen LogP contribution in [0.3, 0.4) is 0 Å². The number of nitrogens with zero attached hydrogens (tertiary/aromatic N) is 4. The highest BCUT2D eigenvalue weighted by Gasteiger charge is 2.42. The van der Waals surface area contributed by atoms with Gasteiger partial charge in [-0.25, -0.2) is 0 Å². The van der Waals surface area contributed by atoms with Crippen molar-refractivity contribution in [1.82, 2.24) is 19.7 Å². The fraction of sp³-hybridized carbons (Fsp3) is 0.500. The third-order valence-electron chi connectivity index (χ3n) is 8.01. The standard InChI is InChI=1S/C28H33ClN4O3/c1-32(18-19-3-10-24(34-2)11-4-19)23-8-5-20(6-9-23)27-31-30-26-17-28(35-13-14-36-28)16-21-15-22(29)7-12-25(21)33(26)27/h3-4,7,10-12,15,20,23H,5-6,8-9,13-14,16-18H2,1-2H3. The molecule has 3 aliphatic rings. The lowest BCUT2D eigenvalue weighted by Crippen LogP contribution is -2.35. The van der Waals surface area contributed by atoms with Gasteiger partial charge in [-0.05, 0) is 74.2 Å². The highest BCUT2D eigenvalue weighted by Crippen LogP contribution is 2.40. The van der Waals surface area contributed by atoms with E-state index in [0.29, 0.717) is 38.0 Å². The molecule has 190 valence electrons. The molecule has 0 radical (unpaired) electrons. The van der Waals surface area contributed by atoms with Crippen LogP contribution in [0.2, 0.25) is 5.02 Å². The van der Waals surface area contributed by atoms with E-state index in [1.807, 2.05) is 24.3 Å². The number of fused-ring (bicyclic) bond motifs is 3. The molecule has 2 aliphatic heterocycles. The smallest absolute Gasteiger partial charge is 0.179 e. The monoisotopic (exact) mass is 508 g/mol. The van der Waals surface area contributed by atoms with Crippen LogP contribution in [0.25, 0.3) is 5.69 Å². The van der Waals surface area contributed by atoms with Crippen molar-refractivity contribution in [1.29, 1.82) is 0 Å². The molecular formula is C28H33ClN4O3. The van der Waals surface area contributed by atoms with Gasteiger partial charge < -0.3 is 14.2 Å². The van der Waals surface area contributed by atoms with Gasteiger partial charge in [0, 0.05) is 29.9 Å². The van der Waals surface area contributed by atoms with Gasteiger partial charge >= 0.3 is 0 Å². The predicted octanol–water partition coefficient (Wildman–Crippen LogP) is 4.93. The number of ether oxygens (including phenoxy) is 3. The Morgan fingerprint density at radius 2 is 1.78 bits per heavy atom. The minimum Gasteiger partial charge on any atom is -0.497 e. The van der Waals surface area contributed by atoms with E-state index in [-0.39, 0.29) is 0 Å². The van der Waals surface area contributed by atoms with Gasteiger partial charge in [-0.3, -0.25) is 9.47 Å². The minimum absolute atomic E-state index is 0.375. The SMILES string of the molecule is COc1ccc(CN(C)C2CCC(c3nnc4n3-c3ccc(Cl)cc3CC3(C4)OCCO3)CC2)cc1. The van der Waals surface area contributed by atoms with Crippen LogP contribution in [0.1, 0.15) is 54.4 Å². The summed E-state index contributed by atoms with van der Waals surface area (Å²) in [6, 6.07) is 15.0. The number of rotatable bonds is 5. The zero-order chi connectivity index (χ0) is 24.7. The number of methoxy groups -OCH3 is 1. The third-order valence-corrected chi connectivity index (χ3v) is 8.25. The van der Waals surface area contributed by atoms with Gasteiger partial charge in [0.1, 0.15) is 17.4 Å². The number of hydrogen-bond donors (Lipinski definition) is 0. The Kier molecular flexibility index (Phi) is 6.50. The molecule has 1 aliphatic carbocycles. The molecule has 0 unspecified atom stereocenters.